The number of aromatic nitrogens is 2. The van der Waals surface area contributed by atoms with Gasteiger partial charge in [-0.1, -0.05) is 13.8 Å². The van der Waals surface area contributed by atoms with Gasteiger partial charge in [-0.15, -0.1) is 0 Å². The first-order valence-corrected chi connectivity index (χ1v) is 7.65. The normalized spacial score (nSPS) is 20.6. The Morgan fingerprint density at radius 1 is 1.40 bits per heavy atom. The molecule has 5 heteroatoms. The number of carbonyl (C=O) groups is 1. The molecule has 0 spiro atoms. The van der Waals surface area contributed by atoms with E-state index in [9.17, 15) is 4.79 Å². The molecule has 20 heavy (non-hydrogen) atoms. The van der Waals surface area contributed by atoms with Crippen molar-refractivity contribution in [3.63, 3.8) is 0 Å². The van der Waals surface area contributed by atoms with Gasteiger partial charge in [0.05, 0.1) is 0 Å². The number of likely N-dealkylation sites (N-methyl/N-ethyl adjacent to an activating group) is 1. The SMILES string of the molecule is CCC1CN(CC)CCN1C(=O)c1ccn(C(C)C)n1. The number of amides is 1. The second kappa shape index (κ2) is 6.39. The molecule has 1 amide bonds. The lowest BCUT2D eigenvalue weighted by Crippen LogP contribution is -2.54. The van der Waals surface area contributed by atoms with Crippen LogP contribution >= 0.6 is 0 Å². The van der Waals surface area contributed by atoms with Crippen molar-refractivity contribution in [2.45, 2.75) is 46.2 Å². The smallest absolute Gasteiger partial charge is 0.274 e. The molecular weight excluding hydrogens is 252 g/mol. The fourth-order valence-corrected chi connectivity index (χ4v) is 2.71. The highest BCUT2D eigenvalue weighted by molar-refractivity contribution is 5.92. The molecule has 2 rings (SSSR count). The van der Waals surface area contributed by atoms with Crippen LogP contribution in [0.3, 0.4) is 0 Å². The van der Waals surface area contributed by atoms with Gasteiger partial charge in [0.1, 0.15) is 5.69 Å². The summed E-state index contributed by atoms with van der Waals surface area (Å²) >= 11 is 0. The lowest BCUT2D eigenvalue weighted by atomic mass is 10.1. The van der Waals surface area contributed by atoms with Gasteiger partial charge in [-0.25, -0.2) is 0 Å². The predicted octanol–water partition coefficient (Wildman–Crippen LogP) is 2.02. The van der Waals surface area contributed by atoms with Gasteiger partial charge in [-0.05, 0) is 32.9 Å². The fourth-order valence-electron chi connectivity index (χ4n) is 2.71. The zero-order chi connectivity index (χ0) is 14.7. The molecule has 112 valence electrons. The summed E-state index contributed by atoms with van der Waals surface area (Å²) in [5.74, 6) is 0.0759. The number of nitrogens with zero attached hydrogens (tertiary/aromatic N) is 4. The summed E-state index contributed by atoms with van der Waals surface area (Å²) in [6.45, 7) is 12.3. The van der Waals surface area contributed by atoms with Crippen molar-refractivity contribution >= 4 is 5.91 Å². The average Bonchev–Trinajstić information content (AvgIpc) is 2.95. The van der Waals surface area contributed by atoms with Crippen molar-refractivity contribution in [3.05, 3.63) is 18.0 Å². The van der Waals surface area contributed by atoms with Crippen LogP contribution in [0.15, 0.2) is 12.3 Å². The van der Waals surface area contributed by atoms with Gasteiger partial charge in [0, 0.05) is 37.9 Å². The maximum absolute atomic E-state index is 12.6. The van der Waals surface area contributed by atoms with Gasteiger partial charge in [0.15, 0.2) is 0 Å². The van der Waals surface area contributed by atoms with Crippen LogP contribution in [0.1, 0.15) is 50.6 Å². The Morgan fingerprint density at radius 2 is 2.15 bits per heavy atom. The Kier molecular flexibility index (Phi) is 4.81. The second-order valence-corrected chi connectivity index (χ2v) is 5.73. The quantitative estimate of drug-likeness (QED) is 0.846. The average molecular weight is 278 g/mol. The first kappa shape index (κ1) is 15.0. The fraction of sp³-hybridized carbons (Fsp3) is 0.733. The number of hydrogen-bond donors (Lipinski definition) is 0. The topological polar surface area (TPSA) is 41.4 Å². The van der Waals surface area contributed by atoms with Crippen LogP contribution < -0.4 is 0 Å². The molecule has 2 heterocycles. The summed E-state index contributed by atoms with van der Waals surface area (Å²) in [7, 11) is 0. The maximum Gasteiger partial charge on any atom is 0.274 e. The summed E-state index contributed by atoms with van der Waals surface area (Å²) < 4.78 is 1.84. The molecule has 1 saturated heterocycles. The molecule has 0 aromatic carbocycles. The Bertz CT molecular complexity index is 454. The molecular formula is C15H26N4O. The molecule has 5 nitrogen and oxygen atoms in total. The second-order valence-electron chi connectivity index (χ2n) is 5.73. The zero-order valence-corrected chi connectivity index (χ0v) is 13.0. The minimum absolute atomic E-state index is 0.0759. The summed E-state index contributed by atoms with van der Waals surface area (Å²) in [4.78, 5) is 17.0. The summed E-state index contributed by atoms with van der Waals surface area (Å²) in [6.07, 6.45) is 2.88. The standard InChI is InChI=1S/C15H26N4O/c1-5-13-11-17(6-2)9-10-18(13)15(20)14-7-8-19(16-14)12(3)4/h7-8,12-13H,5-6,9-11H2,1-4H3. The van der Waals surface area contributed by atoms with Crippen molar-refractivity contribution < 1.29 is 4.79 Å². The highest BCUT2D eigenvalue weighted by atomic mass is 16.2. The number of carbonyl (C=O) groups excluding carboxylic acids is 1. The number of hydrogen-bond acceptors (Lipinski definition) is 3. The molecule has 1 aromatic rings. The van der Waals surface area contributed by atoms with Crippen molar-refractivity contribution in [2.24, 2.45) is 0 Å². The highest BCUT2D eigenvalue weighted by Gasteiger charge is 2.30. The van der Waals surface area contributed by atoms with Gasteiger partial charge in [0.2, 0.25) is 0 Å². The molecule has 0 saturated carbocycles. The summed E-state index contributed by atoms with van der Waals surface area (Å²) in [6, 6.07) is 2.43. The lowest BCUT2D eigenvalue weighted by molar-refractivity contribution is 0.0450. The van der Waals surface area contributed by atoms with Gasteiger partial charge in [0.25, 0.3) is 5.91 Å². The van der Waals surface area contributed by atoms with Crippen LogP contribution in [0.25, 0.3) is 0 Å². The van der Waals surface area contributed by atoms with E-state index in [1.807, 2.05) is 21.8 Å². The first-order valence-electron chi connectivity index (χ1n) is 7.65. The zero-order valence-electron chi connectivity index (χ0n) is 13.0. The Morgan fingerprint density at radius 3 is 2.70 bits per heavy atom. The predicted molar refractivity (Wildman–Crippen MR) is 79.8 cm³/mol. The first-order chi connectivity index (χ1) is 9.56. The molecule has 0 aliphatic carbocycles. The van der Waals surface area contributed by atoms with Crippen LogP contribution in [-0.4, -0.2) is 57.7 Å². The monoisotopic (exact) mass is 278 g/mol. The van der Waals surface area contributed by atoms with E-state index in [1.54, 1.807) is 0 Å². The molecule has 0 N–H and O–H groups in total. The van der Waals surface area contributed by atoms with E-state index in [1.165, 1.54) is 0 Å². The Labute approximate surface area is 121 Å². The minimum Gasteiger partial charge on any atom is -0.332 e. The van der Waals surface area contributed by atoms with Gasteiger partial charge in [-0.3, -0.25) is 14.4 Å². The van der Waals surface area contributed by atoms with Crippen LogP contribution in [0.4, 0.5) is 0 Å². The third kappa shape index (κ3) is 3.03. The lowest BCUT2D eigenvalue weighted by Gasteiger charge is -2.40. The molecule has 0 bridgehead atoms. The van der Waals surface area contributed by atoms with E-state index in [0.717, 1.165) is 32.6 Å². The Balaban J connectivity index is 2.10. The number of piperazine rings is 1. The molecule has 1 unspecified atom stereocenters. The molecule has 0 radical (unpaired) electrons. The van der Waals surface area contributed by atoms with Gasteiger partial charge >= 0.3 is 0 Å². The van der Waals surface area contributed by atoms with Crippen LogP contribution in [0.5, 0.6) is 0 Å². The largest absolute Gasteiger partial charge is 0.332 e. The van der Waals surface area contributed by atoms with Crippen LogP contribution in [0.2, 0.25) is 0 Å². The van der Waals surface area contributed by atoms with Crippen LogP contribution in [-0.2, 0) is 0 Å². The molecule has 1 atom stereocenters. The van der Waals surface area contributed by atoms with Crippen molar-refractivity contribution in [1.82, 2.24) is 19.6 Å². The highest BCUT2D eigenvalue weighted by Crippen LogP contribution is 2.16. The third-order valence-electron chi connectivity index (χ3n) is 4.10. The van der Waals surface area contributed by atoms with E-state index in [-0.39, 0.29) is 11.9 Å². The van der Waals surface area contributed by atoms with Crippen molar-refractivity contribution in [3.8, 4) is 0 Å². The minimum atomic E-state index is 0.0759. The third-order valence-corrected chi connectivity index (χ3v) is 4.10. The summed E-state index contributed by atoms with van der Waals surface area (Å²) in [5.41, 5.74) is 0.571. The molecule has 1 aliphatic heterocycles. The Hall–Kier alpha value is -1.36. The van der Waals surface area contributed by atoms with E-state index in [2.05, 4.69) is 37.7 Å². The van der Waals surface area contributed by atoms with Gasteiger partial charge in [-0.2, -0.15) is 5.10 Å². The van der Waals surface area contributed by atoms with Crippen molar-refractivity contribution in [2.75, 3.05) is 26.2 Å². The molecule has 1 aromatic heterocycles. The van der Waals surface area contributed by atoms with E-state index in [0.29, 0.717) is 11.7 Å². The van der Waals surface area contributed by atoms with E-state index < -0.39 is 0 Å². The van der Waals surface area contributed by atoms with Crippen molar-refractivity contribution in [1.29, 1.82) is 0 Å². The summed E-state index contributed by atoms with van der Waals surface area (Å²) in [5, 5.41) is 4.40. The maximum atomic E-state index is 12.6. The van der Waals surface area contributed by atoms with Crippen LogP contribution in [0, 0.1) is 0 Å². The van der Waals surface area contributed by atoms with Gasteiger partial charge < -0.3 is 4.90 Å². The molecule has 1 aliphatic rings. The van der Waals surface area contributed by atoms with E-state index >= 15 is 0 Å². The van der Waals surface area contributed by atoms with E-state index in [4.69, 9.17) is 0 Å². The molecule has 1 fully saturated rings. The number of rotatable bonds is 4.